The maximum Gasteiger partial charge on any atom is 0.261 e. The third kappa shape index (κ3) is 7.42. The number of amides is 2. The maximum absolute atomic E-state index is 13.2. The predicted molar refractivity (Wildman–Crippen MR) is 130 cm³/mol. The van der Waals surface area contributed by atoms with E-state index in [9.17, 15) is 9.59 Å². The van der Waals surface area contributed by atoms with Crippen LogP contribution in [0.4, 0.5) is 0 Å². The van der Waals surface area contributed by atoms with E-state index in [1.807, 2.05) is 39.0 Å². The molecule has 2 aromatic rings. The Morgan fingerprint density at radius 1 is 1.06 bits per heavy atom. The van der Waals surface area contributed by atoms with E-state index >= 15 is 0 Å². The Bertz CT molecular complexity index is 933. The average Bonchev–Trinajstić information content (AvgIpc) is 2.75. The minimum Gasteiger partial charge on any atom is -0.483 e. The molecule has 2 rings (SSSR count). The Kier molecular flexibility index (Phi) is 10.3. The number of rotatable bonds is 11. The Hall–Kier alpha value is -2.24. The highest BCUT2D eigenvalue weighted by Crippen LogP contribution is 2.24. The number of nitrogens with zero attached hydrogens (tertiary/aromatic N) is 1. The first kappa shape index (κ1) is 26.0. The summed E-state index contributed by atoms with van der Waals surface area (Å²) in [5, 5.41) is 3.79. The molecule has 0 heterocycles. The molecule has 0 unspecified atom stereocenters. The zero-order valence-electron chi connectivity index (χ0n) is 19.2. The molecule has 0 aromatic heterocycles. The quantitative estimate of drug-likeness (QED) is 0.420. The van der Waals surface area contributed by atoms with Crippen LogP contribution in [0.1, 0.15) is 49.8 Å². The van der Waals surface area contributed by atoms with Crippen LogP contribution < -0.4 is 10.1 Å². The Morgan fingerprint density at radius 2 is 1.81 bits per heavy atom. The molecule has 0 aliphatic rings. The molecule has 0 aliphatic heterocycles. The standard InChI is InChI=1S/C25H32Cl2N2O3/c1-5-7-12-28-25(31)22(6-2)29(15-19-9-10-20(26)21(27)14-19)24(30)16-32-23-11-8-17(3)13-18(23)4/h8-11,13-14,22H,5-7,12,15-16H2,1-4H3,(H,28,31)/t22-/m0/s1. The first-order valence-corrected chi connectivity index (χ1v) is 11.7. The second kappa shape index (κ2) is 12.7. The molecular formula is C25H32Cl2N2O3. The van der Waals surface area contributed by atoms with E-state index in [1.54, 1.807) is 23.1 Å². The van der Waals surface area contributed by atoms with Gasteiger partial charge in [0.1, 0.15) is 11.8 Å². The average molecular weight is 479 g/mol. The second-order valence-corrected chi connectivity index (χ2v) is 8.71. The molecule has 32 heavy (non-hydrogen) atoms. The highest BCUT2D eigenvalue weighted by Gasteiger charge is 2.29. The predicted octanol–water partition coefficient (Wildman–Crippen LogP) is 5.71. The van der Waals surface area contributed by atoms with Crippen molar-refractivity contribution in [3.63, 3.8) is 0 Å². The normalized spacial score (nSPS) is 11.7. The number of carbonyl (C=O) groups excluding carboxylic acids is 2. The lowest BCUT2D eigenvalue weighted by atomic mass is 10.1. The monoisotopic (exact) mass is 478 g/mol. The lowest BCUT2D eigenvalue weighted by Gasteiger charge is -2.30. The number of aryl methyl sites for hydroxylation is 2. The van der Waals surface area contributed by atoms with Gasteiger partial charge in [-0.15, -0.1) is 0 Å². The number of halogens is 2. The van der Waals surface area contributed by atoms with Gasteiger partial charge < -0.3 is 15.0 Å². The topological polar surface area (TPSA) is 58.6 Å². The molecule has 1 N–H and O–H groups in total. The summed E-state index contributed by atoms with van der Waals surface area (Å²) in [6.07, 6.45) is 2.35. The van der Waals surface area contributed by atoms with Crippen molar-refractivity contribution in [1.82, 2.24) is 10.2 Å². The Morgan fingerprint density at radius 3 is 2.44 bits per heavy atom. The van der Waals surface area contributed by atoms with Gasteiger partial charge in [-0.3, -0.25) is 9.59 Å². The third-order valence-corrected chi connectivity index (χ3v) is 5.97. The van der Waals surface area contributed by atoms with Crippen LogP contribution in [-0.4, -0.2) is 35.9 Å². The first-order valence-electron chi connectivity index (χ1n) is 11.0. The minimum atomic E-state index is -0.614. The third-order valence-electron chi connectivity index (χ3n) is 5.23. The molecule has 1 atom stereocenters. The number of benzene rings is 2. The number of nitrogens with one attached hydrogen (secondary N) is 1. The summed E-state index contributed by atoms with van der Waals surface area (Å²) in [5.74, 6) is 0.216. The lowest BCUT2D eigenvalue weighted by molar-refractivity contribution is -0.143. The van der Waals surface area contributed by atoms with Gasteiger partial charge >= 0.3 is 0 Å². The Balaban J connectivity index is 2.22. The number of hydrogen-bond donors (Lipinski definition) is 1. The fourth-order valence-corrected chi connectivity index (χ4v) is 3.76. The molecule has 5 nitrogen and oxygen atoms in total. The van der Waals surface area contributed by atoms with Gasteiger partial charge in [-0.1, -0.05) is 67.2 Å². The number of unbranched alkanes of at least 4 members (excludes halogenated alkanes) is 1. The van der Waals surface area contributed by atoms with Gasteiger partial charge in [0.05, 0.1) is 10.0 Å². The molecule has 174 valence electrons. The summed E-state index contributed by atoms with van der Waals surface area (Å²) >= 11 is 12.2. The summed E-state index contributed by atoms with van der Waals surface area (Å²) in [6.45, 7) is 8.55. The molecule has 0 saturated carbocycles. The summed E-state index contributed by atoms with van der Waals surface area (Å²) in [5.41, 5.74) is 2.87. The second-order valence-electron chi connectivity index (χ2n) is 7.90. The fourth-order valence-electron chi connectivity index (χ4n) is 3.44. The maximum atomic E-state index is 13.2. The van der Waals surface area contributed by atoms with Gasteiger partial charge in [0.15, 0.2) is 6.61 Å². The van der Waals surface area contributed by atoms with Crippen LogP contribution in [0.2, 0.25) is 10.0 Å². The molecule has 0 spiro atoms. The highest BCUT2D eigenvalue weighted by atomic mass is 35.5. The van der Waals surface area contributed by atoms with Crippen molar-refractivity contribution in [3.05, 3.63) is 63.1 Å². The zero-order valence-corrected chi connectivity index (χ0v) is 20.7. The van der Waals surface area contributed by atoms with Crippen molar-refractivity contribution in [3.8, 4) is 5.75 Å². The molecule has 0 bridgehead atoms. The summed E-state index contributed by atoms with van der Waals surface area (Å²) < 4.78 is 5.82. The van der Waals surface area contributed by atoms with Crippen molar-refractivity contribution in [2.24, 2.45) is 0 Å². The molecular weight excluding hydrogens is 447 g/mol. The van der Waals surface area contributed by atoms with Gasteiger partial charge in [0.25, 0.3) is 5.91 Å². The van der Waals surface area contributed by atoms with E-state index in [0.717, 1.165) is 29.5 Å². The van der Waals surface area contributed by atoms with Crippen LogP contribution >= 0.6 is 23.2 Å². The van der Waals surface area contributed by atoms with Crippen molar-refractivity contribution >= 4 is 35.0 Å². The fraction of sp³-hybridized carbons (Fsp3) is 0.440. The molecule has 0 saturated heterocycles. The van der Waals surface area contributed by atoms with E-state index in [4.69, 9.17) is 27.9 Å². The van der Waals surface area contributed by atoms with E-state index in [0.29, 0.717) is 28.8 Å². The van der Waals surface area contributed by atoms with Crippen LogP contribution in [0, 0.1) is 13.8 Å². The molecule has 2 aromatic carbocycles. The smallest absolute Gasteiger partial charge is 0.261 e. The summed E-state index contributed by atoms with van der Waals surface area (Å²) in [6, 6.07) is 10.4. The number of ether oxygens (including phenoxy) is 1. The molecule has 2 amide bonds. The van der Waals surface area contributed by atoms with E-state index in [-0.39, 0.29) is 25.0 Å². The number of carbonyl (C=O) groups is 2. The highest BCUT2D eigenvalue weighted by molar-refractivity contribution is 6.42. The van der Waals surface area contributed by atoms with Crippen LogP contribution in [0.15, 0.2) is 36.4 Å². The van der Waals surface area contributed by atoms with Crippen LogP contribution in [0.3, 0.4) is 0 Å². The first-order chi connectivity index (χ1) is 15.3. The van der Waals surface area contributed by atoms with Crippen molar-refractivity contribution in [2.45, 2.75) is 59.5 Å². The van der Waals surface area contributed by atoms with E-state index < -0.39 is 6.04 Å². The largest absolute Gasteiger partial charge is 0.483 e. The van der Waals surface area contributed by atoms with Gasteiger partial charge in [0.2, 0.25) is 5.91 Å². The zero-order chi connectivity index (χ0) is 23.7. The summed E-state index contributed by atoms with van der Waals surface area (Å²) in [4.78, 5) is 27.7. The lowest BCUT2D eigenvalue weighted by Crippen LogP contribution is -2.50. The van der Waals surface area contributed by atoms with Crippen molar-refractivity contribution < 1.29 is 14.3 Å². The molecule has 7 heteroatoms. The Labute approximate surface area is 201 Å². The van der Waals surface area contributed by atoms with Crippen LogP contribution in [0.5, 0.6) is 5.75 Å². The van der Waals surface area contributed by atoms with Gasteiger partial charge in [-0.05, 0) is 56.0 Å². The van der Waals surface area contributed by atoms with E-state index in [2.05, 4.69) is 12.2 Å². The van der Waals surface area contributed by atoms with Gasteiger partial charge in [-0.25, -0.2) is 0 Å². The SMILES string of the molecule is CCCCNC(=O)[C@H](CC)N(Cc1ccc(Cl)c(Cl)c1)C(=O)COc1ccc(C)cc1C. The van der Waals surface area contributed by atoms with Crippen LogP contribution in [-0.2, 0) is 16.1 Å². The van der Waals surface area contributed by atoms with Gasteiger partial charge in [0, 0.05) is 13.1 Å². The minimum absolute atomic E-state index is 0.163. The molecule has 0 radical (unpaired) electrons. The van der Waals surface area contributed by atoms with Crippen molar-refractivity contribution in [1.29, 1.82) is 0 Å². The molecule has 0 fully saturated rings. The number of hydrogen-bond acceptors (Lipinski definition) is 3. The van der Waals surface area contributed by atoms with E-state index in [1.165, 1.54) is 0 Å². The van der Waals surface area contributed by atoms with Gasteiger partial charge in [-0.2, -0.15) is 0 Å². The summed E-state index contributed by atoms with van der Waals surface area (Å²) in [7, 11) is 0. The molecule has 0 aliphatic carbocycles. The van der Waals surface area contributed by atoms with Crippen LogP contribution in [0.25, 0.3) is 0 Å². The van der Waals surface area contributed by atoms with Crippen molar-refractivity contribution in [2.75, 3.05) is 13.2 Å².